The molecule has 0 spiro atoms. The Kier molecular flexibility index (Phi) is 5.41. The smallest absolute Gasteiger partial charge is 0.328 e. The Morgan fingerprint density at radius 2 is 1.74 bits per heavy atom. The summed E-state index contributed by atoms with van der Waals surface area (Å²) in [5.41, 5.74) is 2.65. The first-order valence-corrected chi connectivity index (χ1v) is 7.45. The van der Waals surface area contributed by atoms with Gasteiger partial charge in [0.25, 0.3) is 0 Å². The normalized spacial score (nSPS) is 11.0. The quantitative estimate of drug-likeness (QED) is 0.846. The molecule has 23 heavy (non-hydrogen) atoms. The van der Waals surface area contributed by atoms with Crippen molar-refractivity contribution in [1.82, 2.24) is 4.90 Å². The number of anilines is 1. The maximum atomic E-state index is 12.8. The predicted molar refractivity (Wildman–Crippen MR) is 94.6 cm³/mol. The summed E-state index contributed by atoms with van der Waals surface area (Å²) in [6.07, 6.45) is 1.94. The minimum Gasteiger partial charge on any atom is -0.497 e. The highest BCUT2D eigenvalue weighted by atomic mass is 16.5. The molecule has 0 heterocycles. The zero-order chi connectivity index (χ0) is 16.8. The molecule has 2 aromatic rings. The second-order valence-corrected chi connectivity index (χ2v) is 5.14. The fourth-order valence-corrected chi connectivity index (χ4v) is 2.42. The topological polar surface area (TPSA) is 32.8 Å². The number of ether oxygens (including phenoxy) is 1. The molecule has 0 unspecified atom stereocenters. The first kappa shape index (κ1) is 16.6. The number of methoxy groups -OCH3 is 1. The molecule has 0 atom stereocenters. The number of benzene rings is 2. The zero-order valence-corrected chi connectivity index (χ0v) is 14.0. The minimum atomic E-state index is -0.116. The van der Waals surface area contributed by atoms with Crippen molar-refractivity contribution in [1.29, 1.82) is 0 Å². The van der Waals surface area contributed by atoms with Crippen LogP contribution in [-0.2, 0) is 0 Å². The average molecular weight is 310 g/mol. The number of hydrogen-bond acceptors (Lipinski definition) is 2. The molecule has 0 saturated heterocycles. The van der Waals surface area contributed by atoms with Crippen LogP contribution in [0.4, 0.5) is 10.5 Å². The van der Waals surface area contributed by atoms with Gasteiger partial charge in [0.1, 0.15) is 5.75 Å². The lowest BCUT2D eigenvalue weighted by Crippen LogP contribution is -2.37. The maximum Gasteiger partial charge on any atom is 0.328 e. The van der Waals surface area contributed by atoms with Crippen molar-refractivity contribution in [2.45, 2.75) is 6.92 Å². The number of rotatable bonds is 4. The van der Waals surface area contributed by atoms with Gasteiger partial charge >= 0.3 is 6.03 Å². The summed E-state index contributed by atoms with van der Waals surface area (Å²) in [5.74, 6) is 0.721. The van der Waals surface area contributed by atoms with Gasteiger partial charge < -0.3 is 4.74 Å². The molecule has 0 saturated carbocycles. The van der Waals surface area contributed by atoms with Crippen LogP contribution in [-0.4, -0.2) is 32.1 Å². The highest BCUT2D eigenvalue weighted by Crippen LogP contribution is 2.24. The number of hydrogen-bond donors (Lipinski definition) is 0. The van der Waals surface area contributed by atoms with Crippen LogP contribution in [0, 0.1) is 0 Å². The van der Waals surface area contributed by atoms with Crippen molar-refractivity contribution in [2.75, 3.05) is 26.1 Å². The third kappa shape index (κ3) is 3.72. The van der Waals surface area contributed by atoms with Crippen LogP contribution in [0.2, 0.25) is 0 Å². The SMILES string of the molecule is C/C=C(\c1ccccc1)N(C)C(=O)N(C)c1cccc(OC)c1. The highest BCUT2D eigenvalue weighted by Gasteiger charge is 2.19. The summed E-state index contributed by atoms with van der Waals surface area (Å²) in [7, 11) is 5.15. The molecule has 4 nitrogen and oxygen atoms in total. The van der Waals surface area contributed by atoms with Gasteiger partial charge in [-0.1, -0.05) is 42.5 Å². The molecule has 2 aromatic carbocycles. The van der Waals surface area contributed by atoms with E-state index in [1.807, 2.05) is 67.6 Å². The Balaban J connectivity index is 2.24. The van der Waals surface area contributed by atoms with Crippen molar-refractivity contribution in [3.05, 3.63) is 66.2 Å². The maximum absolute atomic E-state index is 12.8. The first-order chi connectivity index (χ1) is 11.1. The molecular weight excluding hydrogens is 288 g/mol. The third-order valence-corrected chi connectivity index (χ3v) is 3.72. The Morgan fingerprint density at radius 1 is 1.04 bits per heavy atom. The van der Waals surface area contributed by atoms with Crippen molar-refractivity contribution < 1.29 is 9.53 Å². The van der Waals surface area contributed by atoms with Crippen LogP contribution in [0.5, 0.6) is 5.75 Å². The molecule has 2 rings (SSSR count). The van der Waals surface area contributed by atoms with E-state index in [4.69, 9.17) is 4.74 Å². The second-order valence-electron chi connectivity index (χ2n) is 5.14. The molecule has 4 heteroatoms. The van der Waals surface area contributed by atoms with E-state index in [0.717, 1.165) is 22.7 Å². The fraction of sp³-hybridized carbons (Fsp3) is 0.211. The molecule has 120 valence electrons. The van der Waals surface area contributed by atoms with E-state index < -0.39 is 0 Å². The highest BCUT2D eigenvalue weighted by molar-refractivity contribution is 5.96. The molecule has 0 aliphatic carbocycles. The van der Waals surface area contributed by atoms with E-state index in [-0.39, 0.29) is 6.03 Å². The van der Waals surface area contributed by atoms with E-state index in [2.05, 4.69) is 0 Å². The number of nitrogens with zero attached hydrogens (tertiary/aromatic N) is 2. The van der Waals surface area contributed by atoms with Crippen LogP contribution in [0.25, 0.3) is 5.70 Å². The monoisotopic (exact) mass is 310 g/mol. The molecule has 0 bridgehead atoms. The lowest BCUT2D eigenvalue weighted by Gasteiger charge is -2.27. The van der Waals surface area contributed by atoms with Gasteiger partial charge in [-0.3, -0.25) is 9.80 Å². The Labute approximate surface area is 137 Å². The molecule has 0 aliphatic rings. The van der Waals surface area contributed by atoms with Gasteiger partial charge in [0.2, 0.25) is 0 Å². The zero-order valence-electron chi connectivity index (χ0n) is 14.0. The van der Waals surface area contributed by atoms with Crippen LogP contribution >= 0.6 is 0 Å². The number of allylic oxidation sites excluding steroid dienone is 1. The average Bonchev–Trinajstić information content (AvgIpc) is 2.62. The lowest BCUT2D eigenvalue weighted by molar-refractivity contribution is 0.232. The molecule has 0 N–H and O–H groups in total. The van der Waals surface area contributed by atoms with Crippen LogP contribution < -0.4 is 9.64 Å². The Morgan fingerprint density at radius 3 is 2.35 bits per heavy atom. The summed E-state index contributed by atoms with van der Waals surface area (Å²) in [5, 5.41) is 0. The van der Waals surface area contributed by atoms with Crippen molar-refractivity contribution >= 4 is 17.4 Å². The summed E-state index contributed by atoms with van der Waals surface area (Å²) < 4.78 is 5.22. The van der Waals surface area contributed by atoms with E-state index in [1.54, 1.807) is 31.0 Å². The predicted octanol–water partition coefficient (Wildman–Crippen LogP) is 4.24. The van der Waals surface area contributed by atoms with Crippen LogP contribution in [0.15, 0.2) is 60.7 Å². The van der Waals surface area contributed by atoms with Crippen LogP contribution in [0.3, 0.4) is 0 Å². The number of urea groups is 1. The first-order valence-electron chi connectivity index (χ1n) is 7.45. The van der Waals surface area contributed by atoms with Crippen molar-refractivity contribution in [3.63, 3.8) is 0 Å². The van der Waals surface area contributed by atoms with Crippen molar-refractivity contribution in [2.24, 2.45) is 0 Å². The number of amides is 2. The lowest BCUT2D eigenvalue weighted by atomic mass is 10.1. The molecular formula is C19H22N2O2. The van der Waals surface area contributed by atoms with Gasteiger partial charge in [-0.2, -0.15) is 0 Å². The van der Waals surface area contributed by atoms with Gasteiger partial charge in [-0.15, -0.1) is 0 Å². The number of carbonyl (C=O) groups excluding carboxylic acids is 1. The van der Waals surface area contributed by atoms with Gasteiger partial charge in [0, 0.05) is 31.5 Å². The third-order valence-electron chi connectivity index (χ3n) is 3.72. The molecule has 0 radical (unpaired) electrons. The molecule has 0 fully saturated rings. The van der Waals surface area contributed by atoms with Crippen molar-refractivity contribution in [3.8, 4) is 5.75 Å². The van der Waals surface area contributed by atoms with Gasteiger partial charge in [-0.05, 0) is 24.6 Å². The van der Waals surface area contributed by atoms with Gasteiger partial charge in [0.15, 0.2) is 0 Å². The molecule has 0 aromatic heterocycles. The van der Waals surface area contributed by atoms with Crippen LogP contribution in [0.1, 0.15) is 12.5 Å². The van der Waals surface area contributed by atoms with E-state index in [1.165, 1.54) is 0 Å². The molecule has 0 aliphatic heterocycles. The largest absolute Gasteiger partial charge is 0.497 e. The summed E-state index contributed by atoms with van der Waals surface area (Å²) >= 11 is 0. The summed E-state index contributed by atoms with van der Waals surface area (Å²) in [6.45, 7) is 1.93. The van der Waals surface area contributed by atoms with E-state index in [9.17, 15) is 4.79 Å². The number of carbonyl (C=O) groups is 1. The summed E-state index contributed by atoms with van der Waals surface area (Å²) in [6, 6.07) is 17.2. The van der Waals surface area contributed by atoms with Gasteiger partial charge in [-0.25, -0.2) is 4.79 Å². The van der Waals surface area contributed by atoms with E-state index >= 15 is 0 Å². The Hall–Kier alpha value is -2.75. The Bertz CT molecular complexity index is 696. The minimum absolute atomic E-state index is 0.116. The standard InChI is InChI=1S/C19H22N2O2/c1-5-18(15-10-7-6-8-11-15)21(3)19(22)20(2)16-12-9-13-17(14-16)23-4/h5-14H,1-4H3/b18-5+. The fourth-order valence-electron chi connectivity index (χ4n) is 2.42. The van der Waals surface area contributed by atoms with Gasteiger partial charge in [0.05, 0.1) is 7.11 Å². The molecule has 2 amide bonds. The second kappa shape index (κ2) is 7.49. The summed E-state index contributed by atoms with van der Waals surface area (Å²) in [4.78, 5) is 16.0. The van der Waals surface area contributed by atoms with E-state index in [0.29, 0.717) is 0 Å².